The van der Waals surface area contributed by atoms with Crippen LogP contribution < -0.4 is 0 Å². The molecule has 0 N–H and O–H groups in total. The van der Waals surface area contributed by atoms with Gasteiger partial charge in [-0.3, -0.25) is 0 Å². The van der Waals surface area contributed by atoms with Crippen LogP contribution in [0.1, 0.15) is 31.2 Å². The van der Waals surface area contributed by atoms with Gasteiger partial charge < -0.3 is 4.55 Å². The van der Waals surface area contributed by atoms with Gasteiger partial charge in [-0.2, -0.15) is 9.65 Å². The van der Waals surface area contributed by atoms with Gasteiger partial charge in [0, 0.05) is 0 Å². The Kier molecular flexibility index (Phi) is 4.08. The highest BCUT2D eigenvalue weighted by atomic mass is 32.2. The van der Waals surface area contributed by atoms with E-state index in [0.717, 1.165) is 11.3 Å². The molecule has 0 bridgehead atoms. The van der Waals surface area contributed by atoms with Crippen LogP contribution in [0.3, 0.4) is 0 Å². The van der Waals surface area contributed by atoms with Gasteiger partial charge in [-0.05, 0) is 26.8 Å². The maximum absolute atomic E-state index is 13.0. The third-order valence-electron chi connectivity index (χ3n) is 1.63. The molecule has 0 saturated heterocycles. The van der Waals surface area contributed by atoms with Crippen molar-refractivity contribution in [3.63, 3.8) is 0 Å². The molecule has 0 aliphatic heterocycles. The molecule has 1 aromatic rings. The van der Waals surface area contributed by atoms with E-state index < -0.39 is 21.2 Å². The smallest absolute Gasteiger partial charge is 0.194 e. The highest BCUT2D eigenvalue weighted by Crippen LogP contribution is 2.20. The van der Waals surface area contributed by atoms with E-state index in [0.29, 0.717) is 4.88 Å². The second kappa shape index (κ2) is 4.95. The van der Waals surface area contributed by atoms with Crippen molar-refractivity contribution in [3.8, 4) is 6.07 Å². The van der Waals surface area contributed by atoms with E-state index in [9.17, 15) is 8.94 Å². The summed E-state index contributed by atoms with van der Waals surface area (Å²) >= 11 is -0.548. The Morgan fingerprint density at radius 2 is 2.25 bits per heavy atom. The van der Waals surface area contributed by atoms with Crippen LogP contribution in [0.2, 0.25) is 0 Å². The average Bonchev–Trinajstić information content (AvgIpc) is 2.54. The van der Waals surface area contributed by atoms with Crippen LogP contribution in [-0.4, -0.2) is 15.5 Å². The van der Waals surface area contributed by atoms with Crippen LogP contribution in [0.15, 0.2) is 10.5 Å². The number of nitrogens with zero attached hydrogens (tertiary/aromatic N) is 2. The van der Waals surface area contributed by atoms with E-state index in [1.807, 2.05) is 0 Å². The Morgan fingerprint density at radius 3 is 2.69 bits per heavy atom. The largest absolute Gasteiger partial charge is 0.591 e. The highest BCUT2D eigenvalue weighted by Gasteiger charge is 2.25. The molecule has 86 valence electrons. The van der Waals surface area contributed by atoms with Crippen LogP contribution in [0.25, 0.3) is 0 Å². The first kappa shape index (κ1) is 13.2. The third kappa shape index (κ3) is 3.30. The molecule has 1 rings (SSSR count). The summed E-state index contributed by atoms with van der Waals surface area (Å²) in [5, 5.41) is 8.01. The Bertz CT molecular complexity index is 443. The lowest BCUT2D eigenvalue weighted by atomic mass is 10.3. The van der Waals surface area contributed by atoms with Crippen LogP contribution in [0, 0.1) is 16.5 Å². The summed E-state index contributed by atoms with van der Waals surface area (Å²) in [5.74, 6) is 0. The van der Waals surface area contributed by atoms with Gasteiger partial charge in [-0.1, -0.05) is 4.40 Å². The summed E-state index contributed by atoms with van der Waals surface area (Å²) in [6.07, 6.45) is 1.34. The number of hydrogen-bond acceptors (Lipinski definition) is 4. The minimum Gasteiger partial charge on any atom is -0.591 e. The zero-order valence-corrected chi connectivity index (χ0v) is 10.8. The summed E-state index contributed by atoms with van der Waals surface area (Å²) in [5.41, 5.74) is -0.00649. The molecule has 0 aromatic carbocycles. The van der Waals surface area contributed by atoms with Crippen molar-refractivity contribution in [2.24, 2.45) is 4.40 Å². The fourth-order valence-electron chi connectivity index (χ4n) is 0.785. The van der Waals surface area contributed by atoms with Crippen molar-refractivity contribution in [2.75, 3.05) is 0 Å². The van der Waals surface area contributed by atoms with Gasteiger partial charge in [0.05, 0.1) is 16.7 Å². The quantitative estimate of drug-likeness (QED) is 0.604. The number of nitriles is 1. The number of hydrogen-bond donors (Lipinski definition) is 0. The highest BCUT2D eigenvalue weighted by molar-refractivity contribution is 7.91. The number of rotatable bonds is 2. The molecule has 16 heavy (non-hydrogen) atoms. The van der Waals surface area contributed by atoms with Crippen molar-refractivity contribution in [2.45, 2.75) is 25.5 Å². The monoisotopic (exact) mass is 258 g/mol. The first-order valence-electron chi connectivity index (χ1n) is 4.50. The summed E-state index contributed by atoms with van der Waals surface area (Å²) in [4.78, 5) is 0.492. The number of thiophene rings is 1. The Balaban J connectivity index is 2.82. The van der Waals surface area contributed by atoms with Crippen LogP contribution in [-0.2, 0) is 11.4 Å². The van der Waals surface area contributed by atoms with E-state index in [4.69, 9.17) is 5.26 Å². The predicted octanol–water partition coefficient (Wildman–Crippen LogP) is 2.64. The van der Waals surface area contributed by atoms with Crippen LogP contribution >= 0.6 is 11.3 Å². The van der Waals surface area contributed by atoms with Gasteiger partial charge in [-0.25, -0.2) is 0 Å². The molecule has 0 amide bonds. The van der Waals surface area contributed by atoms with Crippen molar-refractivity contribution in [1.29, 1.82) is 5.26 Å². The van der Waals surface area contributed by atoms with E-state index in [2.05, 4.69) is 4.40 Å². The minimum atomic E-state index is -1.37. The van der Waals surface area contributed by atoms with Crippen LogP contribution in [0.5, 0.6) is 0 Å². The van der Waals surface area contributed by atoms with Crippen LogP contribution in [0.4, 0.5) is 4.39 Å². The molecule has 0 aliphatic carbocycles. The summed E-state index contributed by atoms with van der Waals surface area (Å²) in [6, 6.07) is 3.12. The lowest BCUT2D eigenvalue weighted by molar-refractivity contribution is 0.562. The maximum atomic E-state index is 13.0. The van der Waals surface area contributed by atoms with Gasteiger partial charge in [-0.15, -0.1) is 11.3 Å². The van der Waals surface area contributed by atoms with Crippen molar-refractivity contribution < 1.29 is 8.94 Å². The molecule has 1 heterocycles. The molecule has 1 atom stereocenters. The third-order valence-corrected chi connectivity index (χ3v) is 3.83. The first-order chi connectivity index (χ1) is 7.34. The molecule has 0 fully saturated rings. The lowest BCUT2D eigenvalue weighted by Gasteiger charge is -2.17. The Hall–Kier alpha value is -0.900. The SMILES string of the molecule is CC(C)(C)[S+]([O-])N=Cc1cc(C#N)c(F)s1. The summed E-state index contributed by atoms with van der Waals surface area (Å²) < 4.78 is 28.0. The van der Waals surface area contributed by atoms with Gasteiger partial charge in [0.2, 0.25) is 0 Å². The van der Waals surface area contributed by atoms with Gasteiger partial charge in [0.15, 0.2) is 5.13 Å². The van der Waals surface area contributed by atoms with Gasteiger partial charge in [0.25, 0.3) is 0 Å². The normalized spacial score (nSPS) is 14.0. The molecule has 1 aromatic heterocycles. The van der Waals surface area contributed by atoms with Crippen molar-refractivity contribution >= 4 is 28.9 Å². The van der Waals surface area contributed by atoms with Crippen molar-refractivity contribution in [1.82, 2.24) is 0 Å². The molecular formula is C10H11FN2OS2. The second-order valence-corrected chi connectivity index (χ2v) is 7.01. The molecule has 1 unspecified atom stereocenters. The molecule has 6 heteroatoms. The molecule has 0 radical (unpaired) electrons. The fourth-order valence-corrected chi connectivity index (χ4v) is 2.08. The molecule has 3 nitrogen and oxygen atoms in total. The van der Waals surface area contributed by atoms with E-state index in [1.54, 1.807) is 26.8 Å². The summed E-state index contributed by atoms with van der Waals surface area (Å²) in [6.45, 7) is 5.41. The Labute approximate surface area is 101 Å². The zero-order valence-electron chi connectivity index (χ0n) is 9.15. The topological polar surface area (TPSA) is 59.2 Å². The zero-order chi connectivity index (χ0) is 12.3. The maximum Gasteiger partial charge on any atom is 0.194 e. The molecular weight excluding hydrogens is 247 g/mol. The van der Waals surface area contributed by atoms with Gasteiger partial charge >= 0.3 is 0 Å². The second-order valence-electron chi connectivity index (χ2n) is 4.04. The Morgan fingerprint density at radius 1 is 1.62 bits per heavy atom. The number of halogens is 1. The standard InChI is InChI=1S/C10H11FN2OS2/c1-10(2,3)16(14)13-6-8-4-7(5-12)9(11)15-8/h4,6H,1-3H3. The fraction of sp³-hybridized carbons (Fsp3) is 0.400. The van der Waals surface area contributed by atoms with Crippen molar-refractivity contribution in [3.05, 3.63) is 21.6 Å². The summed E-state index contributed by atoms with van der Waals surface area (Å²) in [7, 11) is 0. The molecule has 0 aliphatic rings. The van der Waals surface area contributed by atoms with E-state index in [-0.39, 0.29) is 5.56 Å². The first-order valence-corrected chi connectivity index (χ1v) is 6.42. The molecule has 0 saturated carbocycles. The minimum absolute atomic E-state index is 0.00649. The van der Waals surface area contributed by atoms with E-state index >= 15 is 0 Å². The van der Waals surface area contributed by atoms with Gasteiger partial charge in [0.1, 0.15) is 22.2 Å². The molecule has 0 spiro atoms. The lowest BCUT2D eigenvalue weighted by Crippen LogP contribution is -2.25. The van der Waals surface area contributed by atoms with E-state index in [1.165, 1.54) is 12.3 Å². The predicted molar refractivity (Wildman–Crippen MR) is 64.5 cm³/mol. The average molecular weight is 258 g/mol.